The summed E-state index contributed by atoms with van der Waals surface area (Å²) in [6.07, 6.45) is 70.9. The van der Waals surface area contributed by atoms with Crippen LogP contribution in [0.15, 0.2) is 72.9 Å². The van der Waals surface area contributed by atoms with Crippen LogP contribution in [0.3, 0.4) is 0 Å². The summed E-state index contributed by atoms with van der Waals surface area (Å²) < 4.78 is 16.7. The zero-order valence-corrected chi connectivity index (χ0v) is 44.2. The van der Waals surface area contributed by atoms with Gasteiger partial charge in [0.05, 0.1) is 0 Å². The number of hydrogen-bond acceptors (Lipinski definition) is 6. The zero-order valence-electron chi connectivity index (χ0n) is 44.2. The van der Waals surface area contributed by atoms with E-state index in [-0.39, 0.29) is 31.1 Å². The Morgan fingerprint density at radius 1 is 0.313 bits per heavy atom. The third-order valence-corrected chi connectivity index (χ3v) is 12.2. The molecule has 0 radical (unpaired) electrons. The number of esters is 3. The van der Waals surface area contributed by atoms with E-state index in [2.05, 4.69) is 93.7 Å². The van der Waals surface area contributed by atoms with Crippen molar-refractivity contribution in [1.29, 1.82) is 0 Å². The first kappa shape index (κ1) is 63.8. The van der Waals surface area contributed by atoms with E-state index in [1.807, 2.05) is 0 Å². The lowest BCUT2D eigenvalue weighted by Crippen LogP contribution is -2.30. The maximum absolute atomic E-state index is 12.7. The highest BCUT2D eigenvalue weighted by molar-refractivity contribution is 5.71. The summed E-state index contributed by atoms with van der Waals surface area (Å²) in [5.74, 6) is -0.918. The molecule has 0 saturated heterocycles. The molecule has 0 aliphatic carbocycles. The van der Waals surface area contributed by atoms with Crippen LogP contribution in [0.2, 0.25) is 0 Å². The first-order valence-corrected chi connectivity index (χ1v) is 28.4. The fourth-order valence-electron chi connectivity index (χ4n) is 7.93. The van der Waals surface area contributed by atoms with Crippen molar-refractivity contribution in [3.8, 4) is 0 Å². The summed E-state index contributed by atoms with van der Waals surface area (Å²) in [6.45, 7) is 6.42. The third kappa shape index (κ3) is 53.7. The highest BCUT2D eigenvalue weighted by Gasteiger charge is 2.19. The molecule has 0 aromatic carbocycles. The average molecular weight is 936 g/mol. The maximum atomic E-state index is 12.7. The van der Waals surface area contributed by atoms with Gasteiger partial charge in [0, 0.05) is 19.3 Å². The molecule has 67 heavy (non-hydrogen) atoms. The topological polar surface area (TPSA) is 78.9 Å². The van der Waals surface area contributed by atoms with Crippen LogP contribution < -0.4 is 0 Å². The summed E-state index contributed by atoms with van der Waals surface area (Å²) in [6, 6.07) is 0. The van der Waals surface area contributed by atoms with Gasteiger partial charge < -0.3 is 14.2 Å². The van der Waals surface area contributed by atoms with Crippen LogP contribution in [-0.2, 0) is 28.6 Å². The number of carbonyl (C=O) groups excluding carboxylic acids is 3. The van der Waals surface area contributed by atoms with E-state index in [9.17, 15) is 14.4 Å². The number of allylic oxidation sites excluding steroid dienone is 12. The monoisotopic (exact) mass is 935 g/mol. The molecule has 0 amide bonds. The first-order valence-electron chi connectivity index (χ1n) is 28.4. The summed E-state index contributed by atoms with van der Waals surface area (Å²) in [5.41, 5.74) is 0. The summed E-state index contributed by atoms with van der Waals surface area (Å²) in [4.78, 5) is 37.8. The molecule has 1 atom stereocenters. The van der Waals surface area contributed by atoms with Crippen LogP contribution >= 0.6 is 0 Å². The molecule has 0 aromatic heterocycles. The normalized spacial score (nSPS) is 12.6. The van der Waals surface area contributed by atoms with Crippen LogP contribution in [0.4, 0.5) is 0 Å². The molecule has 0 saturated carbocycles. The standard InChI is InChI=1S/C61H106O6/c1-4-7-10-13-15-17-19-21-23-25-26-27-28-29-30-31-32-33-34-36-37-39-41-43-45-48-51-54-60(63)66-57-58(56-65-59(62)53-50-47-12-9-6-3)67-61(64)55-52-49-46-44-42-40-38-35-24-22-20-18-16-14-11-8-5-2/h8,11,16,18-19,21-22,24-26,38,40,58H,4-7,9-10,12-15,17,20,23,27-37,39,41-57H2,1-3H3/b11-8-,18-16-,21-19-,24-22-,26-25-,40-38-. The van der Waals surface area contributed by atoms with E-state index < -0.39 is 6.10 Å². The van der Waals surface area contributed by atoms with E-state index in [0.717, 1.165) is 109 Å². The van der Waals surface area contributed by atoms with Gasteiger partial charge in [-0.05, 0) is 89.9 Å². The molecule has 386 valence electrons. The quantitative estimate of drug-likeness (QED) is 0.0262. The van der Waals surface area contributed by atoms with E-state index in [0.29, 0.717) is 19.3 Å². The van der Waals surface area contributed by atoms with Gasteiger partial charge in [0.15, 0.2) is 6.10 Å². The third-order valence-electron chi connectivity index (χ3n) is 12.2. The first-order chi connectivity index (χ1) is 33.0. The fraction of sp³-hybridized carbons (Fsp3) is 0.754. The van der Waals surface area contributed by atoms with Crippen LogP contribution in [0.1, 0.15) is 278 Å². The van der Waals surface area contributed by atoms with E-state index in [4.69, 9.17) is 14.2 Å². The predicted octanol–water partition coefficient (Wildman–Crippen LogP) is 19.0. The molecule has 1 unspecified atom stereocenters. The number of carbonyl (C=O) groups is 3. The lowest BCUT2D eigenvalue weighted by atomic mass is 10.0. The second kappa shape index (κ2) is 55.4. The molecule has 0 N–H and O–H groups in total. The van der Waals surface area contributed by atoms with Crippen molar-refractivity contribution in [1.82, 2.24) is 0 Å². The minimum absolute atomic E-state index is 0.0845. The van der Waals surface area contributed by atoms with Crippen LogP contribution in [0.25, 0.3) is 0 Å². The smallest absolute Gasteiger partial charge is 0.306 e. The molecular weight excluding hydrogens is 829 g/mol. The minimum atomic E-state index is -0.784. The van der Waals surface area contributed by atoms with E-state index >= 15 is 0 Å². The SMILES string of the molecule is CC/C=C\C/C=C\C/C=C\C/C=C\CCCCCCC(=O)OC(COC(=O)CCCCCCC)COC(=O)CCCCCCCCCCCCCCCCC/C=C\C/C=C\CCCCCCC. The molecule has 0 bridgehead atoms. The molecule has 0 heterocycles. The van der Waals surface area contributed by atoms with Gasteiger partial charge in [0.25, 0.3) is 0 Å². The molecule has 0 fully saturated rings. The molecule has 0 aliphatic rings. The second-order valence-corrected chi connectivity index (χ2v) is 18.8. The Morgan fingerprint density at radius 3 is 0.910 bits per heavy atom. The molecule has 6 nitrogen and oxygen atoms in total. The summed E-state index contributed by atoms with van der Waals surface area (Å²) in [7, 11) is 0. The van der Waals surface area contributed by atoms with Crippen molar-refractivity contribution in [3.63, 3.8) is 0 Å². The number of rotatable bonds is 51. The van der Waals surface area contributed by atoms with Crippen molar-refractivity contribution >= 4 is 17.9 Å². The molecule has 6 heteroatoms. The average Bonchev–Trinajstić information content (AvgIpc) is 3.33. The Morgan fingerprint density at radius 2 is 0.582 bits per heavy atom. The summed E-state index contributed by atoms with van der Waals surface area (Å²) >= 11 is 0. The van der Waals surface area contributed by atoms with Crippen LogP contribution in [0.5, 0.6) is 0 Å². The van der Waals surface area contributed by atoms with Crippen LogP contribution in [0, 0.1) is 0 Å². The molecule has 0 aromatic rings. The van der Waals surface area contributed by atoms with Gasteiger partial charge in [0.1, 0.15) is 13.2 Å². The van der Waals surface area contributed by atoms with E-state index in [1.165, 1.54) is 128 Å². The fourth-order valence-corrected chi connectivity index (χ4v) is 7.93. The minimum Gasteiger partial charge on any atom is -0.462 e. The molecular formula is C61H106O6. The Balaban J connectivity index is 4.06. The number of ether oxygens (including phenoxy) is 3. The lowest BCUT2D eigenvalue weighted by Gasteiger charge is -2.18. The molecule has 0 aliphatic heterocycles. The lowest BCUT2D eigenvalue weighted by molar-refractivity contribution is -0.167. The van der Waals surface area contributed by atoms with Gasteiger partial charge in [0.2, 0.25) is 0 Å². The van der Waals surface area contributed by atoms with Gasteiger partial charge in [-0.15, -0.1) is 0 Å². The van der Waals surface area contributed by atoms with E-state index in [1.54, 1.807) is 0 Å². The predicted molar refractivity (Wildman–Crippen MR) is 288 cm³/mol. The van der Waals surface area contributed by atoms with Crippen molar-refractivity contribution in [2.24, 2.45) is 0 Å². The zero-order chi connectivity index (χ0) is 48.6. The summed E-state index contributed by atoms with van der Waals surface area (Å²) in [5, 5.41) is 0. The number of unbranched alkanes of at least 4 members (excludes halogenated alkanes) is 28. The van der Waals surface area contributed by atoms with Gasteiger partial charge >= 0.3 is 17.9 Å². The Labute approximate surface area is 414 Å². The van der Waals surface area contributed by atoms with Gasteiger partial charge in [-0.25, -0.2) is 0 Å². The van der Waals surface area contributed by atoms with Crippen molar-refractivity contribution in [2.75, 3.05) is 13.2 Å². The largest absolute Gasteiger partial charge is 0.462 e. The Bertz CT molecular complexity index is 1260. The van der Waals surface area contributed by atoms with Crippen molar-refractivity contribution in [3.05, 3.63) is 72.9 Å². The second-order valence-electron chi connectivity index (χ2n) is 18.8. The van der Waals surface area contributed by atoms with Crippen molar-refractivity contribution < 1.29 is 28.6 Å². The van der Waals surface area contributed by atoms with Crippen LogP contribution in [-0.4, -0.2) is 37.2 Å². The molecule has 0 spiro atoms. The highest BCUT2D eigenvalue weighted by atomic mass is 16.6. The molecule has 0 rings (SSSR count). The van der Waals surface area contributed by atoms with Crippen molar-refractivity contribution in [2.45, 2.75) is 284 Å². The Hall–Kier alpha value is -3.15. The highest BCUT2D eigenvalue weighted by Crippen LogP contribution is 2.16. The Kier molecular flexibility index (Phi) is 52.8. The van der Waals surface area contributed by atoms with Gasteiger partial charge in [-0.2, -0.15) is 0 Å². The number of hydrogen-bond donors (Lipinski definition) is 0. The van der Waals surface area contributed by atoms with Gasteiger partial charge in [-0.3, -0.25) is 14.4 Å². The maximum Gasteiger partial charge on any atom is 0.306 e. The van der Waals surface area contributed by atoms with Gasteiger partial charge in [-0.1, -0.05) is 241 Å².